The molecular formula is C18H16N2O2. The molecule has 0 aromatic heterocycles. The summed E-state index contributed by atoms with van der Waals surface area (Å²) in [5.74, 6) is -0.915. The molecular weight excluding hydrogens is 276 g/mol. The van der Waals surface area contributed by atoms with Crippen molar-refractivity contribution in [2.45, 2.75) is 12.8 Å². The Kier molecular flexibility index (Phi) is 2.79. The van der Waals surface area contributed by atoms with Gasteiger partial charge in [0.05, 0.1) is 17.5 Å². The smallest absolute Gasteiger partial charge is 0.242 e. The molecule has 110 valence electrons. The van der Waals surface area contributed by atoms with Gasteiger partial charge in [-0.3, -0.25) is 9.59 Å². The first-order valence-corrected chi connectivity index (χ1v) is 7.44. The van der Waals surface area contributed by atoms with Crippen molar-refractivity contribution in [3.8, 4) is 0 Å². The molecule has 2 heterocycles. The van der Waals surface area contributed by atoms with E-state index in [1.54, 1.807) is 12.1 Å². The van der Waals surface area contributed by atoms with E-state index in [2.05, 4.69) is 5.32 Å². The molecule has 2 aromatic rings. The lowest BCUT2D eigenvalue weighted by Gasteiger charge is -2.26. The molecule has 0 aliphatic carbocycles. The second kappa shape index (κ2) is 4.70. The molecule has 4 rings (SSSR count). The molecule has 2 atom stereocenters. The van der Waals surface area contributed by atoms with Gasteiger partial charge in [-0.2, -0.15) is 0 Å². The molecule has 0 unspecified atom stereocenters. The SMILES string of the molecule is Cc1ccc2c(c1)[C@@H]1C(=O)N(c3ccccc3)C(=O)[C@@H]1CN2. The number of benzene rings is 2. The van der Waals surface area contributed by atoms with Crippen LogP contribution >= 0.6 is 0 Å². The fourth-order valence-corrected chi connectivity index (χ4v) is 3.44. The first-order valence-electron chi connectivity index (χ1n) is 7.44. The van der Waals surface area contributed by atoms with Crippen LogP contribution in [-0.4, -0.2) is 18.4 Å². The van der Waals surface area contributed by atoms with Gasteiger partial charge in [-0.25, -0.2) is 4.90 Å². The molecule has 22 heavy (non-hydrogen) atoms. The Morgan fingerprint density at radius 2 is 1.82 bits per heavy atom. The van der Waals surface area contributed by atoms with Crippen molar-refractivity contribution in [1.29, 1.82) is 0 Å². The Bertz CT molecular complexity index is 770. The van der Waals surface area contributed by atoms with Gasteiger partial charge in [0, 0.05) is 12.2 Å². The number of amides is 2. The van der Waals surface area contributed by atoms with Crippen molar-refractivity contribution < 1.29 is 9.59 Å². The van der Waals surface area contributed by atoms with Crippen LogP contribution in [-0.2, 0) is 9.59 Å². The molecule has 0 radical (unpaired) electrons. The van der Waals surface area contributed by atoms with Crippen molar-refractivity contribution in [2.24, 2.45) is 5.92 Å². The van der Waals surface area contributed by atoms with E-state index in [4.69, 9.17) is 0 Å². The number of carbonyl (C=O) groups is 2. The van der Waals surface area contributed by atoms with Gasteiger partial charge in [0.15, 0.2) is 0 Å². The highest BCUT2D eigenvalue weighted by Crippen LogP contribution is 2.43. The zero-order valence-corrected chi connectivity index (χ0v) is 12.2. The zero-order valence-electron chi connectivity index (χ0n) is 12.2. The Morgan fingerprint density at radius 1 is 1.05 bits per heavy atom. The van der Waals surface area contributed by atoms with Gasteiger partial charge >= 0.3 is 0 Å². The second-order valence-corrected chi connectivity index (χ2v) is 5.90. The topological polar surface area (TPSA) is 49.4 Å². The van der Waals surface area contributed by atoms with E-state index in [-0.39, 0.29) is 23.7 Å². The van der Waals surface area contributed by atoms with E-state index in [1.165, 1.54) is 4.90 Å². The minimum absolute atomic E-state index is 0.110. The third kappa shape index (κ3) is 1.77. The molecule has 4 heteroatoms. The minimum Gasteiger partial charge on any atom is -0.384 e. The van der Waals surface area contributed by atoms with Crippen molar-refractivity contribution in [2.75, 3.05) is 16.8 Å². The summed E-state index contributed by atoms with van der Waals surface area (Å²) in [5.41, 5.74) is 3.65. The number of para-hydroxylation sites is 1. The third-order valence-corrected chi connectivity index (χ3v) is 4.50. The van der Waals surface area contributed by atoms with Gasteiger partial charge in [0.2, 0.25) is 11.8 Å². The number of anilines is 2. The summed E-state index contributed by atoms with van der Waals surface area (Å²) >= 11 is 0. The van der Waals surface area contributed by atoms with Crippen LogP contribution in [0.15, 0.2) is 48.5 Å². The molecule has 1 saturated heterocycles. The number of aryl methyl sites for hydroxylation is 1. The molecule has 2 aliphatic rings. The van der Waals surface area contributed by atoms with Gasteiger partial charge in [-0.1, -0.05) is 35.9 Å². The van der Waals surface area contributed by atoms with Crippen molar-refractivity contribution >= 4 is 23.2 Å². The maximum Gasteiger partial charge on any atom is 0.242 e. The number of hydrogen-bond donors (Lipinski definition) is 1. The van der Waals surface area contributed by atoms with Gasteiger partial charge in [-0.05, 0) is 30.7 Å². The molecule has 1 N–H and O–H groups in total. The summed E-state index contributed by atoms with van der Waals surface area (Å²) in [5, 5.41) is 3.28. The highest BCUT2D eigenvalue weighted by Gasteiger charge is 2.51. The summed E-state index contributed by atoms with van der Waals surface area (Å²) in [6.45, 7) is 2.51. The average Bonchev–Trinajstić information content (AvgIpc) is 2.79. The van der Waals surface area contributed by atoms with Crippen molar-refractivity contribution in [3.63, 3.8) is 0 Å². The van der Waals surface area contributed by atoms with Gasteiger partial charge < -0.3 is 5.32 Å². The molecule has 0 bridgehead atoms. The second-order valence-electron chi connectivity index (χ2n) is 5.90. The lowest BCUT2D eigenvalue weighted by atomic mass is 9.83. The number of rotatable bonds is 1. The lowest BCUT2D eigenvalue weighted by Crippen LogP contribution is -2.32. The monoisotopic (exact) mass is 292 g/mol. The van der Waals surface area contributed by atoms with Gasteiger partial charge in [0.1, 0.15) is 0 Å². The Balaban J connectivity index is 1.81. The van der Waals surface area contributed by atoms with Gasteiger partial charge in [-0.15, -0.1) is 0 Å². The molecule has 2 aliphatic heterocycles. The molecule has 0 spiro atoms. The first-order chi connectivity index (χ1) is 10.7. The average molecular weight is 292 g/mol. The number of imide groups is 1. The third-order valence-electron chi connectivity index (χ3n) is 4.50. The highest BCUT2D eigenvalue weighted by molar-refractivity contribution is 6.24. The van der Waals surface area contributed by atoms with Crippen LogP contribution in [0.25, 0.3) is 0 Å². The molecule has 2 aromatic carbocycles. The largest absolute Gasteiger partial charge is 0.384 e. The molecule has 2 amide bonds. The highest BCUT2D eigenvalue weighted by atomic mass is 16.2. The van der Waals surface area contributed by atoms with Crippen LogP contribution < -0.4 is 10.2 Å². The van der Waals surface area contributed by atoms with E-state index < -0.39 is 0 Å². The minimum atomic E-state index is -0.371. The number of fused-ring (bicyclic) bond motifs is 3. The quantitative estimate of drug-likeness (QED) is 0.822. The maximum absolute atomic E-state index is 12.9. The van der Waals surface area contributed by atoms with E-state index in [0.29, 0.717) is 12.2 Å². The summed E-state index contributed by atoms with van der Waals surface area (Å²) in [4.78, 5) is 27.0. The zero-order chi connectivity index (χ0) is 15.3. The standard InChI is InChI=1S/C18H16N2O2/c1-11-7-8-15-13(9-11)16-14(10-19-15)17(21)20(18(16)22)12-5-3-2-4-6-12/h2-9,14,16,19H,10H2,1H3/t14-,16+/m1/s1. The van der Waals surface area contributed by atoms with Crippen LogP contribution in [0.3, 0.4) is 0 Å². The normalized spacial score (nSPS) is 23.0. The van der Waals surface area contributed by atoms with Gasteiger partial charge in [0.25, 0.3) is 0 Å². The summed E-state index contributed by atoms with van der Waals surface area (Å²) in [7, 11) is 0. The molecule has 1 fully saturated rings. The summed E-state index contributed by atoms with van der Waals surface area (Å²) < 4.78 is 0. The van der Waals surface area contributed by atoms with Crippen LogP contribution in [0.2, 0.25) is 0 Å². The first kappa shape index (κ1) is 13.1. The molecule has 4 nitrogen and oxygen atoms in total. The predicted octanol–water partition coefficient (Wildman–Crippen LogP) is 2.69. The number of carbonyl (C=O) groups excluding carboxylic acids is 2. The maximum atomic E-state index is 12.9. The van der Waals surface area contributed by atoms with Crippen LogP contribution in [0, 0.1) is 12.8 Å². The number of nitrogens with one attached hydrogen (secondary N) is 1. The number of nitrogens with zero attached hydrogens (tertiary/aromatic N) is 1. The summed E-state index contributed by atoms with van der Waals surface area (Å²) in [6, 6.07) is 15.2. The predicted molar refractivity (Wildman–Crippen MR) is 84.8 cm³/mol. The Morgan fingerprint density at radius 3 is 2.59 bits per heavy atom. The molecule has 0 saturated carbocycles. The summed E-state index contributed by atoms with van der Waals surface area (Å²) in [6.07, 6.45) is 0. The number of hydrogen-bond acceptors (Lipinski definition) is 3. The fraction of sp³-hybridized carbons (Fsp3) is 0.222. The Labute approximate surface area is 128 Å². The van der Waals surface area contributed by atoms with E-state index in [1.807, 2.05) is 43.3 Å². The fourth-order valence-electron chi connectivity index (χ4n) is 3.44. The van der Waals surface area contributed by atoms with Crippen molar-refractivity contribution in [3.05, 3.63) is 59.7 Å². The van der Waals surface area contributed by atoms with Crippen LogP contribution in [0.1, 0.15) is 17.0 Å². The van der Waals surface area contributed by atoms with Crippen LogP contribution in [0.4, 0.5) is 11.4 Å². The van der Waals surface area contributed by atoms with Crippen LogP contribution in [0.5, 0.6) is 0 Å². The van der Waals surface area contributed by atoms with E-state index in [9.17, 15) is 9.59 Å². The Hall–Kier alpha value is -2.62. The van der Waals surface area contributed by atoms with E-state index >= 15 is 0 Å². The lowest BCUT2D eigenvalue weighted by molar-refractivity contribution is -0.122. The van der Waals surface area contributed by atoms with E-state index in [0.717, 1.165) is 16.8 Å². The van der Waals surface area contributed by atoms with Crippen molar-refractivity contribution in [1.82, 2.24) is 0 Å².